The van der Waals surface area contributed by atoms with Crippen molar-refractivity contribution < 1.29 is 4.79 Å². The molecule has 1 aliphatic carbocycles. The summed E-state index contributed by atoms with van der Waals surface area (Å²) in [5.41, 5.74) is 6.42. The van der Waals surface area contributed by atoms with Crippen molar-refractivity contribution in [2.75, 3.05) is 6.54 Å². The molecule has 94 valence electrons. The van der Waals surface area contributed by atoms with Crippen LogP contribution in [0.2, 0.25) is 5.02 Å². The summed E-state index contributed by atoms with van der Waals surface area (Å²) in [4.78, 5) is 11.3. The summed E-state index contributed by atoms with van der Waals surface area (Å²) in [6.07, 6.45) is 2.33. The van der Waals surface area contributed by atoms with E-state index in [1.54, 1.807) is 0 Å². The van der Waals surface area contributed by atoms with Crippen molar-refractivity contribution in [2.24, 2.45) is 11.7 Å². The van der Waals surface area contributed by atoms with Crippen LogP contribution in [0.1, 0.15) is 24.4 Å². The fourth-order valence-electron chi connectivity index (χ4n) is 1.81. The molecule has 1 aromatic carbocycles. The molecule has 0 radical (unpaired) electrons. The topological polar surface area (TPSA) is 55.1 Å². The molecule has 0 aliphatic heterocycles. The van der Waals surface area contributed by atoms with Gasteiger partial charge in [0.1, 0.15) is 0 Å². The Labute approximate surface area is 112 Å². The number of rotatable bonds is 4. The highest BCUT2D eigenvalue weighted by atomic mass is 35.5. The zero-order valence-corrected chi connectivity index (χ0v) is 10.9. The summed E-state index contributed by atoms with van der Waals surface area (Å²) in [5.74, 6) is 0.448. The number of hydrogen-bond donors (Lipinski definition) is 2. The first-order valence-electron chi connectivity index (χ1n) is 5.45. The monoisotopic (exact) mass is 274 g/mol. The maximum absolute atomic E-state index is 11.3. The third-order valence-corrected chi connectivity index (χ3v) is 3.08. The molecule has 1 fully saturated rings. The van der Waals surface area contributed by atoms with E-state index in [1.165, 1.54) is 0 Å². The van der Waals surface area contributed by atoms with Crippen molar-refractivity contribution >= 4 is 29.9 Å². The van der Waals surface area contributed by atoms with Crippen LogP contribution in [0.15, 0.2) is 24.3 Å². The van der Waals surface area contributed by atoms with Crippen LogP contribution in [0, 0.1) is 5.92 Å². The van der Waals surface area contributed by atoms with E-state index >= 15 is 0 Å². The van der Waals surface area contributed by atoms with Gasteiger partial charge in [0.05, 0.1) is 12.6 Å². The Balaban J connectivity index is 0.00000144. The first-order chi connectivity index (χ1) is 7.70. The van der Waals surface area contributed by atoms with Gasteiger partial charge < -0.3 is 11.1 Å². The van der Waals surface area contributed by atoms with Gasteiger partial charge in [0.2, 0.25) is 5.91 Å². The second kappa shape index (κ2) is 6.24. The second-order valence-corrected chi connectivity index (χ2v) is 4.57. The van der Waals surface area contributed by atoms with Gasteiger partial charge in [-0.15, -0.1) is 12.4 Å². The molecule has 1 unspecified atom stereocenters. The van der Waals surface area contributed by atoms with Crippen molar-refractivity contribution in [3.8, 4) is 0 Å². The number of amides is 1. The first-order valence-corrected chi connectivity index (χ1v) is 5.83. The molecule has 0 aromatic heterocycles. The largest absolute Gasteiger partial charge is 0.348 e. The predicted molar refractivity (Wildman–Crippen MR) is 71.4 cm³/mol. The van der Waals surface area contributed by atoms with E-state index in [0.717, 1.165) is 18.4 Å². The van der Waals surface area contributed by atoms with Crippen LogP contribution in [0.4, 0.5) is 0 Å². The molecule has 0 saturated heterocycles. The van der Waals surface area contributed by atoms with Gasteiger partial charge in [-0.05, 0) is 36.5 Å². The summed E-state index contributed by atoms with van der Waals surface area (Å²) in [7, 11) is 0. The highest BCUT2D eigenvalue weighted by molar-refractivity contribution is 6.30. The Bertz CT molecular complexity index is 377. The SMILES string of the molecule is Cl.NCC(=O)NC(c1ccc(Cl)cc1)C1CC1. The van der Waals surface area contributed by atoms with E-state index in [-0.39, 0.29) is 30.9 Å². The Morgan fingerprint density at radius 1 is 1.41 bits per heavy atom. The molecule has 1 atom stereocenters. The van der Waals surface area contributed by atoms with Crippen LogP contribution in [0.3, 0.4) is 0 Å². The maximum Gasteiger partial charge on any atom is 0.234 e. The molecular formula is C12H16Cl2N2O. The lowest BCUT2D eigenvalue weighted by molar-refractivity contribution is -0.120. The third-order valence-electron chi connectivity index (χ3n) is 2.82. The van der Waals surface area contributed by atoms with Gasteiger partial charge in [0.25, 0.3) is 0 Å². The van der Waals surface area contributed by atoms with Gasteiger partial charge in [-0.2, -0.15) is 0 Å². The fourth-order valence-corrected chi connectivity index (χ4v) is 1.93. The normalized spacial score (nSPS) is 15.9. The van der Waals surface area contributed by atoms with Crippen molar-refractivity contribution in [1.82, 2.24) is 5.32 Å². The molecule has 3 nitrogen and oxygen atoms in total. The highest BCUT2D eigenvalue weighted by Gasteiger charge is 2.33. The minimum atomic E-state index is -0.105. The van der Waals surface area contributed by atoms with E-state index in [0.29, 0.717) is 10.9 Å². The second-order valence-electron chi connectivity index (χ2n) is 4.14. The van der Waals surface area contributed by atoms with E-state index in [4.69, 9.17) is 17.3 Å². The number of carbonyl (C=O) groups excluding carboxylic acids is 1. The molecule has 1 saturated carbocycles. The average molecular weight is 275 g/mol. The minimum absolute atomic E-state index is 0. The predicted octanol–water partition coefficient (Wildman–Crippen LogP) is 2.29. The number of nitrogens with one attached hydrogen (secondary N) is 1. The van der Waals surface area contributed by atoms with Gasteiger partial charge in [-0.1, -0.05) is 23.7 Å². The summed E-state index contributed by atoms with van der Waals surface area (Å²) < 4.78 is 0. The summed E-state index contributed by atoms with van der Waals surface area (Å²) >= 11 is 5.84. The molecule has 0 bridgehead atoms. The fraction of sp³-hybridized carbons (Fsp3) is 0.417. The van der Waals surface area contributed by atoms with Crippen LogP contribution in [0.5, 0.6) is 0 Å². The lowest BCUT2D eigenvalue weighted by atomic mass is 10.0. The summed E-state index contributed by atoms with van der Waals surface area (Å²) in [6, 6.07) is 7.71. The Morgan fingerprint density at radius 2 is 2.00 bits per heavy atom. The molecular weight excluding hydrogens is 259 g/mol. The summed E-state index contributed by atoms with van der Waals surface area (Å²) in [6.45, 7) is 0.0385. The van der Waals surface area contributed by atoms with Gasteiger partial charge in [0.15, 0.2) is 0 Å². The first kappa shape index (κ1) is 14.3. The van der Waals surface area contributed by atoms with Gasteiger partial charge in [-0.3, -0.25) is 4.79 Å². The molecule has 1 amide bonds. The van der Waals surface area contributed by atoms with Crippen molar-refractivity contribution in [1.29, 1.82) is 0 Å². The smallest absolute Gasteiger partial charge is 0.234 e. The number of carbonyl (C=O) groups is 1. The number of hydrogen-bond acceptors (Lipinski definition) is 2. The van der Waals surface area contributed by atoms with Gasteiger partial charge >= 0.3 is 0 Å². The van der Waals surface area contributed by atoms with Crippen LogP contribution in [-0.2, 0) is 4.79 Å². The van der Waals surface area contributed by atoms with Gasteiger partial charge in [0, 0.05) is 5.02 Å². The molecule has 3 N–H and O–H groups in total. The lowest BCUT2D eigenvalue weighted by Gasteiger charge is -2.18. The lowest BCUT2D eigenvalue weighted by Crippen LogP contribution is -2.34. The zero-order chi connectivity index (χ0) is 11.5. The van der Waals surface area contributed by atoms with Crippen molar-refractivity contribution in [2.45, 2.75) is 18.9 Å². The Kier molecular flexibility index (Phi) is 5.25. The van der Waals surface area contributed by atoms with Crippen molar-refractivity contribution in [3.63, 3.8) is 0 Å². The maximum atomic E-state index is 11.3. The molecule has 0 spiro atoms. The quantitative estimate of drug-likeness (QED) is 0.885. The molecule has 2 rings (SSSR count). The van der Waals surface area contributed by atoms with Crippen LogP contribution in [0.25, 0.3) is 0 Å². The number of benzene rings is 1. The molecule has 1 aliphatic rings. The van der Waals surface area contributed by atoms with Crippen LogP contribution < -0.4 is 11.1 Å². The minimum Gasteiger partial charge on any atom is -0.348 e. The van der Waals surface area contributed by atoms with Gasteiger partial charge in [-0.25, -0.2) is 0 Å². The average Bonchev–Trinajstić information content (AvgIpc) is 3.11. The summed E-state index contributed by atoms with van der Waals surface area (Å²) in [5, 5.41) is 3.67. The number of nitrogens with two attached hydrogens (primary N) is 1. The molecule has 1 aromatic rings. The highest BCUT2D eigenvalue weighted by Crippen LogP contribution is 2.41. The van der Waals surface area contributed by atoms with Crippen molar-refractivity contribution in [3.05, 3.63) is 34.9 Å². The third kappa shape index (κ3) is 3.87. The standard InChI is InChI=1S/C12H15ClN2O.ClH/c13-10-5-3-9(4-6-10)12(8-1-2-8)15-11(16)7-14;/h3-6,8,12H,1-2,7,14H2,(H,15,16);1H. The number of halogens is 2. The van der Waals surface area contributed by atoms with E-state index in [1.807, 2.05) is 24.3 Å². The molecule has 0 heterocycles. The molecule has 5 heteroatoms. The Hall–Kier alpha value is -0.770. The van der Waals surface area contributed by atoms with E-state index in [2.05, 4.69) is 5.32 Å². The van der Waals surface area contributed by atoms with Crippen LogP contribution >= 0.6 is 24.0 Å². The van der Waals surface area contributed by atoms with E-state index < -0.39 is 0 Å². The zero-order valence-electron chi connectivity index (χ0n) is 9.36. The molecule has 17 heavy (non-hydrogen) atoms. The van der Waals surface area contributed by atoms with E-state index in [9.17, 15) is 4.79 Å². The van der Waals surface area contributed by atoms with Crippen LogP contribution in [-0.4, -0.2) is 12.5 Å². The Morgan fingerprint density at radius 3 is 2.47 bits per heavy atom.